The molecule has 2 rings (SSSR count). The van der Waals surface area contributed by atoms with Crippen LogP contribution >= 0.6 is 11.8 Å². The van der Waals surface area contributed by atoms with Gasteiger partial charge in [-0.25, -0.2) is 0 Å². The van der Waals surface area contributed by atoms with Gasteiger partial charge in [-0.05, 0) is 42.4 Å². The normalized spacial score (nSPS) is 10.8. The lowest BCUT2D eigenvalue weighted by Crippen LogP contribution is -2.25. The average Bonchev–Trinajstić information content (AvgIpc) is 2.55. The summed E-state index contributed by atoms with van der Waals surface area (Å²) < 4.78 is 0. The summed E-state index contributed by atoms with van der Waals surface area (Å²) in [6.07, 6.45) is 2.63. The summed E-state index contributed by atoms with van der Waals surface area (Å²) in [5, 5.41) is 2.93. The topological polar surface area (TPSA) is 42.0 Å². The van der Waals surface area contributed by atoms with E-state index in [1.54, 1.807) is 6.20 Å². The van der Waals surface area contributed by atoms with Gasteiger partial charge in [0, 0.05) is 23.2 Å². The fourth-order valence-electron chi connectivity index (χ4n) is 2.16. The third-order valence-corrected chi connectivity index (χ3v) is 4.39. The molecule has 2 aromatic rings. The van der Waals surface area contributed by atoms with Gasteiger partial charge < -0.3 is 5.32 Å². The van der Waals surface area contributed by atoms with Gasteiger partial charge in [0.25, 0.3) is 5.91 Å². The van der Waals surface area contributed by atoms with Crippen LogP contribution in [0.2, 0.25) is 0 Å². The largest absolute Gasteiger partial charge is 0.352 e. The van der Waals surface area contributed by atoms with Gasteiger partial charge in [-0.2, -0.15) is 0 Å². The quantitative estimate of drug-likeness (QED) is 0.753. The van der Waals surface area contributed by atoms with Gasteiger partial charge in [-0.15, -0.1) is 11.8 Å². The minimum atomic E-state index is -0.0561. The number of nitrogens with zero attached hydrogens (tertiary/aromatic N) is 1. The number of amides is 1. The first-order chi connectivity index (χ1) is 11.1. The van der Waals surface area contributed by atoms with Gasteiger partial charge >= 0.3 is 0 Å². The Hall–Kier alpha value is -1.81. The lowest BCUT2D eigenvalue weighted by molar-refractivity contribution is 0.0951. The van der Waals surface area contributed by atoms with Gasteiger partial charge in [-0.3, -0.25) is 9.78 Å². The van der Waals surface area contributed by atoms with E-state index in [4.69, 9.17) is 0 Å². The Labute approximate surface area is 142 Å². The summed E-state index contributed by atoms with van der Waals surface area (Å²) >= 11 is 1.82. The summed E-state index contributed by atoms with van der Waals surface area (Å²) in [6, 6.07) is 12.1. The first-order valence-electron chi connectivity index (χ1n) is 8.07. The van der Waals surface area contributed by atoms with Crippen molar-refractivity contribution in [1.82, 2.24) is 10.3 Å². The second kappa shape index (κ2) is 8.73. The summed E-state index contributed by atoms with van der Waals surface area (Å²) in [4.78, 5) is 17.7. The van der Waals surface area contributed by atoms with Crippen molar-refractivity contribution in [2.75, 3.05) is 12.3 Å². The Kier molecular flexibility index (Phi) is 6.66. The molecule has 0 bridgehead atoms. The third-order valence-electron chi connectivity index (χ3n) is 3.49. The molecule has 1 aromatic heterocycles. The van der Waals surface area contributed by atoms with E-state index in [9.17, 15) is 4.79 Å². The molecule has 0 aliphatic heterocycles. The predicted molar refractivity (Wildman–Crippen MR) is 97.9 cm³/mol. The number of hydrogen-bond donors (Lipinski definition) is 1. The van der Waals surface area contributed by atoms with Crippen LogP contribution in [0, 0.1) is 5.92 Å². The van der Waals surface area contributed by atoms with Gasteiger partial charge in [-0.1, -0.05) is 32.9 Å². The Bertz CT molecular complexity index is 621. The maximum atomic E-state index is 12.0. The fourth-order valence-corrected chi connectivity index (χ4v) is 2.83. The Morgan fingerprint density at radius 2 is 1.91 bits per heavy atom. The van der Waals surface area contributed by atoms with Gasteiger partial charge in [0.15, 0.2) is 0 Å². The van der Waals surface area contributed by atoms with E-state index in [0.29, 0.717) is 18.0 Å². The predicted octanol–water partition coefficient (Wildman–Crippen LogP) is 4.64. The van der Waals surface area contributed by atoms with E-state index < -0.39 is 0 Å². The molecule has 4 heteroatoms. The number of benzene rings is 1. The molecule has 1 amide bonds. The van der Waals surface area contributed by atoms with E-state index in [0.717, 1.165) is 23.4 Å². The lowest BCUT2D eigenvalue weighted by Gasteiger charge is -2.08. The average molecular weight is 328 g/mol. The molecule has 0 fully saturated rings. The summed E-state index contributed by atoms with van der Waals surface area (Å²) in [6.45, 7) is 7.14. The third kappa shape index (κ3) is 5.39. The number of rotatable bonds is 7. The highest BCUT2D eigenvalue weighted by molar-refractivity contribution is 7.99. The molecule has 0 aliphatic rings. The van der Waals surface area contributed by atoms with Crippen LogP contribution < -0.4 is 5.32 Å². The number of carbonyl (C=O) groups is 1. The smallest absolute Gasteiger partial charge is 0.252 e. The molecule has 0 saturated carbocycles. The molecule has 23 heavy (non-hydrogen) atoms. The van der Waals surface area contributed by atoms with E-state index in [2.05, 4.69) is 55.3 Å². The zero-order valence-corrected chi connectivity index (χ0v) is 14.8. The van der Waals surface area contributed by atoms with Crippen LogP contribution in [0.25, 0.3) is 11.3 Å². The Morgan fingerprint density at radius 1 is 1.17 bits per heavy atom. The summed E-state index contributed by atoms with van der Waals surface area (Å²) in [7, 11) is 0. The van der Waals surface area contributed by atoms with Crippen molar-refractivity contribution in [2.24, 2.45) is 5.92 Å². The first-order valence-corrected chi connectivity index (χ1v) is 9.06. The fraction of sp³-hybridized carbons (Fsp3) is 0.368. The van der Waals surface area contributed by atoms with Gasteiger partial charge in [0.05, 0.1) is 11.3 Å². The molecule has 0 radical (unpaired) electrons. The van der Waals surface area contributed by atoms with Crippen molar-refractivity contribution in [3.05, 3.63) is 48.2 Å². The highest BCUT2D eigenvalue weighted by Crippen LogP contribution is 2.22. The molecule has 0 saturated heterocycles. The first kappa shape index (κ1) is 17.5. The molecule has 0 spiro atoms. The van der Waals surface area contributed by atoms with Crippen LogP contribution in [0.5, 0.6) is 0 Å². The van der Waals surface area contributed by atoms with Crippen LogP contribution in [0.3, 0.4) is 0 Å². The van der Waals surface area contributed by atoms with Crippen LogP contribution in [-0.4, -0.2) is 23.2 Å². The van der Waals surface area contributed by atoms with Crippen LogP contribution in [-0.2, 0) is 0 Å². The van der Waals surface area contributed by atoms with E-state index in [-0.39, 0.29) is 5.91 Å². The molecule has 1 aromatic carbocycles. The van der Waals surface area contributed by atoms with Gasteiger partial charge in [0.1, 0.15) is 0 Å². The summed E-state index contributed by atoms with van der Waals surface area (Å²) in [5.74, 6) is 1.60. The van der Waals surface area contributed by atoms with Crippen LogP contribution in [0.1, 0.15) is 37.6 Å². The number of hydrogen-bond acceptors (Lipinski definition) is 3. The molecule has 1 N–H and O–H groups in total. The van der Waals surface area contributed by atoms with Crippen molar-refractivity contribution >= 4 is 17.7 Å². The van der Waals surface area contributed by atoms with E-state index >= 15 is 0 Å². The molecular formula is C19H24N2OS. The van der Waals surface area contributed by atoms with Gasteiger partial charge in [0.2, 0.25) is 0 Å². The lowest BCUT2D eigenvalue weighted by atomic mass is 10.1. The maximum absolute atomic E-state index is 12.0. The second-order valence-electron chi connectivity index (χ2n) is 5.83. The number of aromatic nitrogens is 1. The molecule has 0 unspecified atom stereocenters. The van der Waals surface area contributed by atoms with Crippen LogP contribution in [0.15, 0.2) is 47.5 Å². The Morgan fingerprint density at radius 3 is 2.48 bits per heavy atom. The molecule has 0 atom stereocenters. The highest BCUT2D eigenvalue weighted by Gasteiger charge is 2.07. The van der Waals surface area contributed by atoms with Crippen molar-refractivity contribution in [2.45, 2.75) is 32.1 Å². The zero-order chi connectivity index (χ0) is 16.7. The SMILES string of the molecule is CCSc1ccc(-c2ccc(C(=O)NCCC(C)C)cn2)cc1. The minimum absolute atomic E-state index is 0.0561. The monoisotopic (exact) mass is 328 g/mol. The number of pyridine rings is 1. The Balaban J connectivity index is 1.99. The highest BCUT2D eigenvalue weighted by atomic mass is 32.2. The maximum Gasteiger partial charge on any atom is 0.252 e. The van der Waals surface area contributed by atoms with Crippen molar-refractivity contribution in [1.29, 1.82) is 0 Å². The van der Waals surface area contributed by atoms with Crippen molar-refractivity contribution in [3.8, 4) is 11.3 Å². The zero-order valence-electron chi connectivity index (χ0n) is 14.0. The molecular weight excluding hydrogens is 304 g/mol. The molecule has 3 nitrogen and oxygen atoms in total. The second-order valence-corrected chi connectivity index (χ2v) is 7.17. The number of nitrogens with one attached hydrogen (secondary N) is 1. The van der Waals surface area contributed by atoms with E-state index in [1.165, 1.54) is 4.90 Å². The van der Waals surface area contributed by atoms with Crippen molar-refractivity contribution < 1.29 is 4.79 Å². The number of thioether (sulfide) groups is 1. The summed E-state index contributed by atoms with van der Waals surface area (Å²) in [5.41, 5.74) is 2.56. The van der Waals surface area contributed by atoms with Crippen LogP contribution in [0.4, 0.5) is 0 Å². The van der Waals surface area contributed by atoms with E-state index in [1.807, 2.05) is 23.9 Å². The molecule has 1 heterocycles. The standard InChI is InChI=1S/C19H24N2OS/c1-4-23-17-8-5-15(6-9-17)18-10-7-16(13-21-18)19(22)20-12-11-14(2)3/h5-10,13-14H,4,11-12H2,1-3H3,(H,20,22). The number of carbonyl (C=O) groups excluding carboxylic acids is 1. The minimum Gasteiger partial charge on any atom is -0.352 e. The molecule has 0 aliphatic carbocycles. The van der Waals surface area contributed by atoms with Crippen molar-refractivity contribution in [3.63, 3.8) is 0 Å². The molecule has 122 valence electrons.